The zero-order valence-electron chi connectivity index (χ0n) is 10.6. The highest BCUT2D eigenvalue weighted by Gasteiger charge is 2.22. The Morgan fingerprint density at radius 1 is 1.61 bits per heavy atom. The average Bonchev–Trinajstić information content (AvgIpc) is 2.36. The summed E-state index contributed by atoms with van der Waals surface area (Å²) >= 11 is 0. The summed E-state index contributed by atoms with van der Waals surface area (Å²) in [4.78, 5) is 20.0. The van der Waals surface area contributed by atoms with Crippen molar-refractivity contribution < 1.29 is 4.79 Å². The van der Waals surface area contributed by atoms with Crippen LogP contribution in [0.4, 0.5) is 5.95 Å². The SMILES string of the molecule is C=CCCC(=O)CC1CCc2cnc(N)nc2C1. The summed E-state index contributed by atoms with van der Waals surface area (Å²) in [6, 6.07) is 0. The van der Waals surface area contributed by atoms with Crippen molar-refractivity contribution in [2.45, 2.75) is 38.5 Å². The highest BCUT2D eigenvalue weighted by molar-refractivity contribution is 5.78. The van der Waals surface area contributed by atoms with Gasteiger partial charge in [-0.05, 0) is 37.2 Å². The highest BCUT2D eigenvalue weighted by Crippen LogP contribution is 2.26. The lowest BCUT2D eigenvalue weighted by atomic mass is 9.84. The van der Waals surface area contributed by atoms with Crippen LogP contribution >= 0.6 is 0 Å². The molecule has 2 N–H and O–H groups in total. The van der Waals surface area contributed by atoms with Crippen LogP contribution in [0.25, 0.3) is 0 Å². The molecule has 0 fully saturated rings. The van der Waals surface area contributed by atoms with Gasteiger partial charge in [-0.1, -0.05) is 6.08 Å². The first-order valence-corrected chi connectivity index (χ1v) is 6.42. The Bertz CT molecular complexity index is 456. The number of allylic oxidation sites excluding steroid dienone is 1. The summed E-state index contributed by atoms with van der Waals surface area (Å²) < 4.78 is 0. The molecule has 4 nitrogen and oxygen atoms in total. The number of nitrogen functional groups attached to an aromatic ring is 1. The Hall–Kier alpha value is -1.71. The lowest BCUT2D eigenvalue weighted by Crippen LogP contribution is -2.19. The van der Waals surface area contributed by atoms with E-state index >= 15 is 0 Å². The maximum atomic E-state index is 11.7. The van der Waals surface area contributed by atoms with E-state index in [2.05, 4.69) is 16.5 Å². The van der Waals surface area contributed by atoms with Gasteiger partial charge in [0, 0.05) is 24.7 Å². The minimum Gasteiger partial charge on any atom is -0.368 e. The van der Waals surface area contributed by atoms with Gasteiger partial charge in [0.05, 0.1) is 0 Å². The van der Waals surface area contributed by atoms with Crippen LogP contribution in [0.5, 0.6) is 0 Å². The molecule has 0 amide bonds. The predicted molar refractivity (Wildman–Crippen MR) is 71.0 cm³/mol. The second-order valence-electron chi connectivity index (χ2n) is 4.88. The predicted octanol–water partition coefficient (Wildman–Crippen LogP) is 2.09. The van der Waals surface area contributed by atoms with Crippen LogP contribution in [0.3, 0.4) is 0 Å². The van der Waals surface area contributed by atoms with Crippen LogP contribution < -0.4 is 5.73 Å². The van der Waals surface area contributed by atoms with E-state index in [1.54, 1.807) is 6.08 Å². The Kier molecular flexibility index (Phi) is 4.07. The molecule has 1 aliphatic rings. The summed E-state index contributed by atoms with van der Waals surface area (Å²) in [5, 5.41) is 0. The molecular formula is C14H19N3O. The molecule has 0 aromatic carbocycles. The molecule has 0 radical (unpaired) electrons. The van der Waals surface area contributed by atoms with E-state index in [4.69, 9.17) is 5.73 Å². The Morgan fingerprint density at radius 3 is 3.22 bits per heavy atom. The van der Waals surface area contributed by atoms with Crippen LogP contribution in [-0.4, -0.2) is 15.8 Å². The standard InChI is InChI=1S/C14H19N3O/c1-2-3-4-12(18)7-10-5-6-11-9-16-14(15)17-13(11)8-10/h2,9-10H,1,3-8H2,(H2,15,16,17). The third-order valence-electron chi connectivity index (χ3n) is 3.42. The van der Waals surface area contributed by atoms with Gasteiger partial charge < -0.3 is 5.73 Å². The van der Waals surface area contributed by atoms with E-state index in [9.17, 15) is 4.79 Å². The molecule has 0 saturated heterocycles. The second-order valence-corrected chi connectivity index (χ2v) is 4.88. The monoisotopic (exact) mass is 245 g/mol. The topological polar surface area (TPSA) is 68.9 Å². The molecule has 18 heavy (non-hydrogen) atoms. The van der Waals surface area contributed by atoms with Crippen molar-refractivity contribution >= 4 is 11.7 Å². The number of nitrogens with two attached hydrogens (primary N) is 1. The van der Waals surface area contributed by atoms with E-state index < -0.39 is 0 Å². The first-order valence-electron chi connectivity index (χ1n) is 6.42. The van der Waals surface area contributed by atoms with E-state index in [-0.39, 0.29) is 0 Å². The van der Waals surface area contributed by atoms with Crippen molar-refractivity contribution in [1.82, 2.24) is 9.97 Å². The third-order valence-corrected chi connectivity index (χ3v) is 3.42. The van der Waals surface area contributed by atoms with Crippen molar-refractivity contribution in [3.63, 3.8) is 0 Å². The van der Waals surface area contributed by atoms with Crippen LogP contribution in [0.1, 0.15) is 36.9 Å². The number of aromatic nitrogens is 2. The molecule has 4 heteroatoms. The molecule has 1 heterocycles. The fourth-order valence-corrected chi connectivity index (χ4v) is 2.44. The molecule has 1 unspecified atom stereocenters. The van der Waals surface area contributed by atoms with Gasteiger partial charge in [0.1, 0.15) is 5.78 Å². The van der Waals surface area contributed by atoms with Crippen LogP contribution in [0.15, 0.2) is 18.9 Å². The molecule has 0 bridgehead atoms. The van der Waals surface area contributed by atoms with E-state index in [1.807, 2.05) is 6.20 Å². The van der Waals surface area contributed by atoms with Crippen molar-refractivity contribution in [3.8, 4) is 0 Å². The molecule has 0 spiro atoms. The third kappa shape index (κ3) is 3.15. The first kappa shape index (κ1) is 12.7. The number of Topliss-reactive ketones (excluding diaryl/α,β-unsaturated/α-hetero) is 1. The largest absolute Gasteiger partial charge is 0.368 e. The average molecular weight is 245 g/mol. The molecule has 0 aliphatic heterocycles. The number of rotatable bonds is 5. The fraction of sp³-hybridized carbons (Fsp3) is 0.500. The molecule has 0 saturated carbocycles. The molecule has 1 atom stereocenters. The van der Waals surface area contributed by atoms with E-state index in [0.717, 1.165) is 31.4 Å². The summed E-state index contributed by atoms with van der Waals surface area (Å²) in [6.45, 7) is 3.64. The van der Waals surface area contributed by atoms with E-state index in [0.29, 0.717) is 30.5 Å². The van der Waals surface area contributed by atoms with Gasteiger partial charge >= 0.3 is 0 Å². The van der Waals surface area contributed by atoms with Crippen molar-refractivity contribution in [2.75, 3.05) is 5.73 Å². The number of anilines is 1. The van der Waals surface area contributed by atoms with Crippen LogP contribution in [0, 0.1) is 5.92 Å². The maximum absolute atomic E-state index is 11.7. The first-order chi connectivity index (χ1) is 8.69. The van der Waals surface area contributed by atoms with Gasteiger partial charge in [0.15, 0.2) is 0 Å². The Balaban J connectivity index is 1.95. The lowest BCUT2D eigenvalue weighted by molar-refractivity contribution is -0.120. The number of ketones is 1. The molecule has 1 aliphatic carbocycles. The quantitative estimate of drug-likeness (QED) is 0.806. The molecular weight excluding hydrogens is 226 g/mol. The van der Waals surface area contributed by atoms with Gasteiger partial charge in [-0.25, -0.2) is 9.97 Å². The second kappa shape index (κ2) is 5.76. The lowest BCUT2D eigenvalue weighted by Gasteiger charge is -2.22. The number of fused-ring (bicyclic) bond motifs is 1. The fourth-order valence-electron chi connectivity index (χ4n) is 2.44. The van der Waals surface area contributed by atoms with E-state index in [1.165, 1.54) is 5.56 Å². The normalized spacial score (nSPS) is 18.1. The summed E-state index contributed by atoms with van der Waals surface area (Å²) in [5.41, 5.74) is 7.80. The van der Waals surface area contributed by atoms with Crippen molar-refractivity contribution in [2.24, 2.45) is 5.92 Å². The Morgan fingerprint density at radius 2 is 2.44 bits per heavy atom. The maximum Gasteiger partial charge on any atom is 0.220 e. The minimum absolute atomic E-state index is 0.324. The van der Waals surface area contributed by atoms with Gasteiger partial charge in [-0.15, -0.1) is 6.58 Å². The van der Waals surface area contributed by atoms with Gasteiger partial charge in [-0.2, -0.15) is 0 Å². The number of hydrogen-bond acceptors (Lipinski definition) is 4. The van der Waals surface area contributed by atoms with Crippen molar-refractivity contribution in [1.29, 1.82) is 0 Å². The number of aryl methyl sites for hydroxylation is 1. The van der Waals surface area contributed by atoms with Gasteiger partial charge in [0.2, 0.25) is 5.95 Å². The zero-order valence-corrected chi connectivity index (χ0v) is 10.6. The summed E-state index contributed by atoms with van der Waals surface area (Å²) in [6.07, 6.45) is 8.49. The number of carbonyl (C=O) groups is 1. The number of carbonyl (C=O) groups excluding carboxylic acids is 1. The number of nitrogens with zero attached hydrogens (tertiary/aromatic N) is 2. The zero-order chi connectivity index (χ0) is 13.0. The Labute approximate surface area is 107 Å². The molecule has 1 aromatic rings. The van der Waals surface area contributed by atoms with Crippen LogP contribution in [0.2, 0.25) is 0 Å². The summed E-state index contributed by atoms with van der Waals surface area (Å²) in [5.74, 6) is 1.06. The number of hydrogen-bond donors (Lipinski definition) is 1. The molecule has 1 aromatic heterocycles. The van der Waals surface area contributed by atoms with Crippen molar-refractivity contribution in [3.05, 3.63) is 30.1 Å². The molecule has 96 valence electrons. The van der Waals surface area contributed by atoms with Crippen LogP contribution in [-0.2, 0) is 17.6 Å². The minimum atomic E-state index is 0.324. The smallest absolute Gasteiger partial charge is 0.220 e. The van der Waals surface area contributed by atoms with Gasteiger partial charge in [-0.3, -0.25) is 4.79 Å². The molecule has 2 rings (SSSR count). The summed E-state index contributed by atoms with van der Waals surface area (Å²) in [7, 11) is 0. The highest BCUT2D eigenvalue weighted by atomic mass is 16.1. The van der Waals surface area contributed by atoms with Gasteiger partial charge in [0.25, 0.3) is 0 Å².